The zero-order valence-electron chi connectivity index (χ0n) is 21.7. The Labute approximate surface area is 211 Å². The van der Waals surface area contributed by atoms with Gasteiger partial charge in [-0.3, -0.25) is 14.9 Å². The summed E-state index contributed by atoms with van der Waals surface area (Å²) >= 11 is 0. The molecule has 3 heterocycles. The minimum absolute atomic E-state index is 0.0236. The number of imidazole rings is 1. The maximum Gasteiger partial charge on any atom is 0.326 e. The molecule has 3 aromatic rings. The SMILES string of the molecule is Cc1cc(-c2nc3ccc(CNC(C(=O)OC(C)C)C(C)O)cc3n2C2CCOCC2)cn(C)c1=O. The van der Waals surface area contributed by atoms with Gasteiger partial charge in [0.15, 0.2) is 0 Å². The van der Waals surface area contributed by atoms with Gasteiger partial charge >= 0.3 is 5.97 Å². The van der Waals surface area contributed by atoms with Crippen LogP contribution in [-0.2, 0) is 27.9 Å². The number of fused-ring (bicyclic) bond motifs is 1. The number of nitrogens with one attached hydrogen (secondary N) is 1. The highest BCUT2D eigenvalue weighted by molar-refractivity contribution is 5.82. The lowest BCUT2D eigenvalue weighted by Gasteiger charge is -2.26. The van der Waals surface area contributed by atoms with Crippen LogP contribution in [0.4, 0.5) is 0 Å². The van der Waals surface area contributed by atoms with E-state index in [0.717, 1.165) is 40.8 Å². The van der Waals surface area contributed by atoms with E-state index in [2.05, 4.69) is 16.0 Å². The van der Waals surface area contributed by atoms with E-state index in [1.807, 2.05) is 31.3 Å². The van der Waals surface area contributed by atoms with Crippen molar-refractivity contribution >= 4 is 17.0 Å². The van der Waals surface area contributed by atoms with Crippen LogP contribution >= 0.6 is 0 Å². The van der Waals surface area contributed by atoms with Gasteiger partial charge in [-0.15, -0.1) is 0 Å². The van der Waals surface area contributed by atoms with Gasteiger partial charge in [0, 0.05) is 50.2 Å². The van der Waals surface area contributed by atoms with Crippen molar-refractivity contribution in [2.24, 2.45) is 7.05 Å². The molecule has 0 saturated carbocycles. The highest BCUT2D eigenvalue weighted by Gasteiger charge is 2.26. The second kappa shape index (κ2) is 10.9. The molecule has 4 rings (SSSR count). The van der Waals surface area contributed by atoms with Crippen LogP contribution in [0.15, 0.2) is 35.3 Å². The van der Waals surface area contributed by atoms with E-state index in [4.69, 9.17) is 14.5 Å². The van der Waals surface area contributed by atoms with Gasteiger partial charge in [-0.25, -0.2) is 4.98 Å². The third kappa shape index (κ3) is 5.53. The van der Waals surface area contributed by atoms with Gasteiger partial charge in [-0.05, 0) is 64.3 Å². The molecule has 2 N–H and O–H groups in total. The summed E-state index contributed by atoms with van der Waals surface area (Å²) in [5.41, 5.74) is 4.34. The van der Waals surface area contributed by atoms with Crippen molar-refractivity contribution < 1.29 is 19.4 Å². The van der Waals surface area contributed by atoms with E-state index in [1.54, 1.807) is 32.4 Å². The number of esters is 1. The van der Waals surface area contributed by atoms with Crippen molar-refractivity contribution in [3.05, 3.63) is 51.9 Å². The average Bonchev–Trinajstić information content (AvgIpc) is 3.21. The molecule has 0 aliphatic carbocycles. The number of aliphatic hydroxyl groups excluding tert-OH is 1. The smallest absolute Gasteiger partial charge is 0.326 e. The van der Waals surface area contributed by atoms with E-state index in [9.17, 15) is 14.7 Å². The number of rotatable bonds is 8. The van der Waals surface area contributed by atoms with Gasteiger partial charge in [0.1, 0.15) is 11.9 Å². The molecule has 36 heavy (non-hydrogen) atoms. The molecule has 2 unspecified atom stereocenters. The molecule has 2 atom stereocenters. The topological polar surface area (TPSA) is 108 Å². The van der Waals surface area contributed by atoms with Crippen LogP contribution in [0, 0.1) is 6.92 Å². The minimum Gasteiger partial charge on any atom is -0.462 e. The number of hydrogen-bond donors (Lipinski definition) is 2. The van der Waals surface area contributed by atoms with Crippen molar-refractivity contribution in [2.75, 3.05) is 13.2 Å². The highest BCUT2D eigenvalue weighted by Crippen LogP contribution is 2.33. The Hall–Kier alpha value is -3.01. The first kappa shape index (κ1) is 26.1. The number of nitrogens with zero attached hydrogens (tertiary/aromatic N) is 3. The number of hydrogen-bond acceptors (Lipinski definition) is 7. The highest BCUT2D eigenvalue weighted by atomic mass is 16.5. The lowest BCUT2D eigenvalue weighted by atomic mass is 10.1. The molecule has 0 radical (unpaired) electrons. The molecule has 1 aliphatic rings. The molecule has 0 spiro atoms. The fourth-order valence-corrected chi connectivity index (χ4v) is 4.75. The van der Waals surface area contributed by atoms with Crippen molar-refractivity contribution in [3.63, 3.8) is 0 Å². The molecule has 1 aliphatic heterocycles. The predicted octanol–water partition coefficient (Wildman–Crippen LogP) is 2.85. The fourth-order valence-electron chi connectivity index (χ4n) is 4.75. The molecule has 9 nitrogen and oxygen atoms in total. The number of aryl methyl sites for hydroxylation is 2. The number of aliphatic hydroxyl groups is 1. The number of pyridine rings is 1. The van der Waals surface area contributed by atoms with Crippen LogP contribution in [0.25, 0.3) is 22.4 Å². The Morgan fingerprint density at radius 3 is 2.61 bits per heavy atom. The van der Waals surface area contributed by atoms with Gasteiger partial charge in [0.2, 0.25) is 0 Å². The van der Waals surface area contributed by atoms with Crippen LogP contribution in [0.3, 0.4) is 0 Å². The molecule has 9 heteroatoms. The zero-order valence-corrected chi connectivity index (χ0v) is 21.7. The first-order valence-electron chi connectivity index (χ1n) is 12.5. The summed E-state index contributed by atoms with van der Waals surface area (Å²) in [5.74, 6) is 0.351. The maximum absolute atomic E-state index is 12.4. The van der Waals surface area contributed by atoms with Crippen molar-refractivity contribution in [1.29, 1.82) is 0 Å². The molecule has 194 valence electrons. The summed E-state index contributed by atoms with van der Waals surface area (Å²) in [6.07, 6.45) is 2.42. The Morgan fingerprint density at radius 1 is 1.25 bits per heavy atom. The lowest BCUT2D eigenvalue weighted by molar-refractivity contribution is -0.152. The number of carbonyl (C=O) groups is 1. The molecule has 2 aromatic heterocycles. The maximum atomic E-state index is 12.4. The van der Waals surface area contributed by atoms with E-state index >= 15 is 0 Å². The Bertz CT molecular complexity index is 1260. The van der Waals surface area contributed by atoms with E-state index in [1.165, 1.54) is 0 Å². The van der Waals surface area contributed by atoms with E-state index < -0.39 is 18.1 Å². The fraction of sp³-hybridized carbons (Fsp3) is 0.519. The number of aromatic nitrogens is 3. The van der Waals surface area contributed by atoms with Crippen LogP contribution in [-0.4, -0.2) is 56.7 Å². The zero-order chi connectivity index (χ0) is 26.0. The molecular weight excluding hydrogens is 460 g/mol. The number of ether oxygens (including phenoxy) is 2. The summed E-state index contributed by atoms with van der Waals surface area (Å²) in [6, 6.07) is 7.31. The molecule has 1 aromatic carbocycles. The summed E-state index contributed by atoms with van der Waals surface area (Å²) in [6.45, 7) is 8.71. The molecule has 1 saturated heterocycles. The predicted molar refractivity (Wildman–Crippen MR) is 138 cm³/mol. The standard InChI is InChI=1S/C27H36N4O5/c1-16(2)36-27(34)24(18(4)32)28-14-19-6-7-22-23(13-19)31(21-8-10-35-11-9-21)25(29-22)20-12-17(3)26(33)30(5)15-20/h6-7,12-13,15-16,18,21,24,28,32H,8-11,14H2,1-5H3. The first-order valence-corrected chi connectivity index (χ1v) is 12.5. The monoisotopic (exact) mass is 496 g/mol. The van der Waals surface area contributed by atoms with Gasteiger partial charge < -0.3 is 23.7 Å². The lowest BCUT2D eigenvalue weighted by Crippen LogP contribution is -2.46. The van der Waals surface area contributed by atoms with Gasteiger partial charge in [-0.1, -0.05) is 6.07 Å². The minimum atomic E-state index is -0.896. The second-order valence-electron chi connectivity index (χ2n) is 9.88. The Kier molecular flexibility index (Phi) is 7.92. The van der Waals surface area contributed by atoms with Gasteiger partial charge in [0.05, 0.1) is 23.2 Å². The van der Waals surface area contributed by atoms with E-state index in [-0.39, 0.29) is 17.7 Å². The molecular formula is C27H36N4O5. The van der Waals surface area contributed by atoms with Crippen LogP contribution < -0.4 is 10.9 Å². The summed E-state index contributed by atoms with van der Waals surface area (Å²) in [4.78, 5) is 29.7. The Balaban J connectivity index is 1.72. The van der Waals surface area contributed by atoms with E-state index in [0.29, 0.717) is 25.3 Å². The largest absolute Gasteiger partial charge is 0.462 e. The molecule has 0 amide bonds. The van der Waals surface area contributed by atoms with Crippen LogP contribution in [0.1, 0.15) is 50.8 Å². The Morgan fingerprint density at radius 2 is 1.97 bits per heavy atom. The second-order valence-corrected chi connectivity index (χ2v) is 9.88. The third-order valence-corrected chi connectivity index (χ3v) is 6.54. The summed E-state index contributed by atoms with van der Waals surface area (Å²) in [5, 5.41) is 13.3. The van der Waals surface area contributed by atoms with Gasteiger partial charge in [0.25, 0.3) is 5.56 Å². The average molecular weight is 497 g/mol. The molecule has 0 bridgehead atoms. The summed E-state index contributed by atoms with van der Waals surface area (Å²) < 4.78 is 14.8. The quantitative estimate of drug-likeness (QED) is 0.462. The normalized spacial score (nSPS) is 16.4. The van der Waals surface area contributed by atoms with Crippen molar-refractivity contribution in [3.8, 4) is 11.4 Å². The van der Waals surface area contributed by atoms with Crippen molar-refractivity contribution in [2.45, 2.75) is 71.4 Å². The van der Waals surface area contributed by atoms with Gasteiger partial charge in [-0.2, -0.15) is 0 Å². The van der Waals surface area contributed by atoms with Crippen molar-refractivity contribution in [1.82, 2.24) is 19.4 Å². The van der Waals surface area contributed by atoms with Crippen LogP contribution in [0.2, 0.25) is 0 Å². The van der Waals surface area contributed by atoms with Crippen LogP contribution in [0.5, 0.6) is 0 Å². The molecule has 1 fully saturated rings. The number of benzene rings is 1. The number of carbonyl (C=O) groups excluding carboxylic acids is 1. The first-order chi connectivity index (χ1) is 17.2. The third-order valence-electron chi connectivity index (χ3n) is 6.54. The summed E-state index contributed by atoms with van der Waals surface area (Å²) in [7, 11) is 1.76.